The molecule has 0 bridgehead atoms. The van der Waals surface area contributed by atoms with Gasteiger partial charge in [-0.25, -0.2) is 0 Å². The minimum absolute atomic E-state index is 0.0268. The topological polar surface area (TPSA) is 29.5 Å². The smallest absolute Gasteiger partial charge is 0.257 e. The summed E-state index contributed by atoms with van der Waals surface area (Å²) >= 11 is 12.1. The number of benzene rings is 1. The molecule has 1 fully saturated rings. The van der Waals surface area contributed by atoms with Crippen LogP contribution in [0.25, 0.3) is 0 Å². The van der Waals surface area contributed by atoms with Gasteiger partial charge in [-0.05, 0) is 26.0 Å². The van der Waals surface area contributed by atoms with E-state index in [2.05, 4.69) is 0 Å². The molecule has 0 saturated carbocycles. The Kier molecular flexibility index (Phi) is 4.15. The fourth-order valence-electron chi connectivity index (χ4n) is 2.20. The van der Waals surface area contributed by atoms with Gasteiger partial charge in [-0.1, -0.05) is 29.3 Å². The first-order chi connectivity index (χ1) is 8.49. The van der Waals surface area contributed by atoms with Crippen LogP contribution in [0.5, 0.6) is 0 Å². The molecule has 1 aromatic carbocycles. The molecule has 5 heteroatoms. The lowest BCUT2D eigenvalue weighted by Crippen LogP contribution is -2.48. The van der Waals surface area contributed by atoms with E-state index >= 15 is 0 Å². The highest BCUT2D eigenvalue weighted by Gasteiger charge is 2.28. The van der Waals surface area contributed by atoms with E-state index in [0.29, 0.717) is 28.7 Å². The molecule has 0 aromatic heterocycles. The van der Waals surface area contributed by atoms with Crippen LogP contribution < -0.4 is 0 Å². The van der Waals surface area contributed by atoms with Gasteiger partial charge in [-0.2, -0.15) is 0 Å². The van der Waals surface area contributed by atoms with Crippen molar-refractivity contribution in [1.29, 1.82) is 0 Å². The van der Waals surface area contributed by atoms with Crippen LogP contribution in [0.3, 0.4) is 0 Å². The SMILES string of the molecule is C[C@@H]1CN(C(=O)c2c(Cl)cccc2Cl)C[C@@H](C)O1. The maximum Gasteiger partial charge on any atom is 0.257 e. The van der Waals surface area contributed by atoms with Gasteiger partial charge in [0.1, 0.15) is 0 Å². The lowest BCUT2D eigenvalue weighted by atomic mass is 10.1. The Hall–Kier alpha value is -0.770. The minimum atomic E-state index is -0.132. The third kappa shape index (κ3) is 2.79. The number of amides is 1. The van der Waals surface area contributed by atoms with Crippen molar-refractivity contribution >= 4 is 29.1 Å². The van der Waals surface area contributed by atoms with Crippen molar-refractivity contribution < 1.29 is 9.53 Å². The fraction of sp³-hybridized carbons (Fsp3) is 0.462. The van der Waals surface area contributed by atoms with E-state index in [9.17, 15) is 4.79 Å². The van der Waals surface area contributed by atoms with Crippen LogP contribution in [0.4, 0.5) is 0 Å². The molecule has 98 valence electrons. The van der Waals surface area contributed by atoms with Gasteiger partial charge in [-0.3, -0.25) is 4.79 Å². The minimum Gasteiger partial charge on any atom is -0.372 e. The summed E-state index contributed by atoms with van der Waals surface area (Å²) in [6, 6.07) is 5.08. The zero-order valence-electron chi connectivity index (χ0n) is 10.3. The normalized spacial score (nSPS) is 24.1. The molecule has 1 aromatic rings. The van der Waals surface area contributed by atoms with Crippen LogP contribution in [0.1, 0.15) is 24.2 Å². The molecule has 18 heavy (non-hydrogen) atoms. The first-order valence-electron chi connectivity index (χ1n) is 5.87. The van der Waals surface area contributed by atoms with E-state index < -0.39 is 0 Å². The molecule has 0 radical (unpaired) electrons. The van der Waals surface area contributed by atoms with Crippen LogP contribution in [0, 0.1) is 0 Å². The zero-order chi connectivity index (χ0) is 13.3. The van der Waals surface area contributed by atoms with Gasteiger partial charge in [0.15, 0.2) is 0 Å². The Balaban J connectivity index is 2.26. The Morgan fingerprint density at radius 1 is 1.22 bits per heavy atom. The molecular formula is C13H15Cl2NO2. The lowest BCUT2D eigenvalue weighted by molar-refractivity contribution is -0.0586. The summed E-state index contributed by atoms with van der Waals surface area (Å²) in [7, 11) is 0. The molecule has 2 atom stereocenters. The molecule has 0 N–H and O–H groups in total. The van der Waals surface area contributed by atoms with E-state index in [1.165, 1.54) is 0 Å². The second-order valence-electron chi connectivity index (χ2n) is 4.56. The van der Waals surface area contributed by atoms with E-state index in [4.69, 9.17) is 27.9 Å². The van der Waals surface area contributed by atoms with Crippen LogP contribution >= 0.6 is 23.2 Å². The molecule has 1 heterocycles. The first kappa shape index (κ1) is 13.7. The van der Waals surface area contributed by atoms with Gasteiger partial charge in [0.05, 0.1) is 27.8 Å². The van der Waals surface area contributed by atoms with E-state index in [1.807, 2.05) is 13.8 Å². The van der Waals surface area contributed by atoms with Gasteiger partial charge in [0.25, 0.3) is 5.91 Å². The Morgan fingerprint density at radius 3 is 2.22 bits per heavy atom. The number of rotatable bonds is 1. The molecule has 3 nitrogen and oxygen atoms in total. The molecule has 0 unspecified atom stereocenters. The van der Waals surface area contributed by atoms with E-state index in [1.54, 1.807) is 23.1 Å². The Labute approximate surface area is 117 Å². The number of morpholine rings is 1. The average molecular weight is 288 g/mol. The van der Waals surface area contributed by atoms with Crippen LogP contribution in [-0.2, 0) is 4.74 Å². The van der Waals surface area contributed by atoms with Gasteiger partial charge >= 0.3 is 0 Å². The third-order valence-electron chi connectivity index (χ3n) is 2.88. The summed E-state index contributed by atoms with van der Waals surface area (Å²) in [5.41, 5.74) is 0.377. The second-order valence-corrected chi connectivity index (χ2v) is 5.38. The predicted molar refractivity (Wildman–Crippen MR) is 72.4 cm³/mol. The first-order valence-corrected chi connectivity index (χ1v) is 6.63. The number of carbonyl (C=O) groups excluding carboxylic acids is 1. The largest absolute Gasteiger partial charge is 0.372 e. The molecule has 1 amide bonds. The number of halogens is 2. The van der Waals surface area contributed by atoms with Crippen molar-refractivity contribution in [3.8, 4) is 0 Å². The average Bonchev–Trinajstić information content (AvgIpc) is 2.27. The van der Waals surface area contributed by atoms with E-state index in [-0.39, 0.29) is 18.1 Å². The van der Waals surface area contributed by atoms with Gasteiger partial charge in [0.2, 0.25) is 0 Å². The number of ether oxygens (including phenoxy) is 1. The molecule has 0 spiro atoms. The Morgan fingerprint density at radius 2 is 1.72 bits per heavy atom. The summed E-state index contributed by atoms with van der Waals surface area (Å²) in [6.07, 6.45) is 0.0536. The van der Waals surface area contributed by atoms with Crippen LogP contribution in [0.15, 0.2) is 18.2 Å². The Bertz CT molecular complexity index is 434. The molecule has 1 saturated heterocycles. The number of hydrogen-bond acceptors (Lipinski definition) is 2. The summed E-state index contributed by atoms with van der Waals surface area (Å²) in [5, 5.41) is 0.776. The van der Waals surface area contributed by atoms with E-state index in [0.717, 1.165) is 0 Å². The molecule has 1 aliphatic heterocycles. The summed E-state index contributed by atoms with van der Waals surface area (Å²) in [5.74, 6) is -0.132. The highest BCUT2D eigenvalue weighted by atomic mass is 35.5. The maximum absolute atomic E-state index is 12.4. The van der Waals surface area contributed by atoms with Crippen molar-refractivity contribution in [3.63, 3.8) is 0 Å². The zero-order valence-corrected chi connectivity index (χ0v) is 11.8. The van der Waals surface area contributed by atoms with Crippen molar-refractivity contribution in [3.05, 3.63) is 33.8 Å². The second kappa shape index (κ2) is 5.47. The molecule has 0 aliphatic carbocycles. The molecule has 2 rings (SSSR count). The highest BCUT2D eigenvalue weighted by molar-refractivity contribution is 6.39. The third-order valence-corrected chi connectivity index (χ3v) is 3.51. The van der Waals surface area contributed by atoms with Crippen molar-refractivity contribution in [1.82, 2.24) is 4.90 Å². The van der Waals surface area contributed by atoms with Crippen LogP contribution in [-0.4, -0.2) is 36.1 Å². The number of nitrogens with zero attached hydrogens (tertiary/aromatic N) is 1. The standard InChI is InChI=1S/C13H15Cl2NO2/c1-8-6-16(7-9(2)18-8)13(17)12-10(14)4-3-5-11(12)15/h3-5,8-9H,6-7H2,1-2H3/t8-,9-/m1/s1. The van der Waals surface area contributed by atoms with Crippen molar-refractivity contribution in [2.45, 2.75) is 26.1 Å². The summed E-state index contributed by atoms with van der Waals surface area (Å²) < 4.78 is 5.60. The monoisotopic (exact) mass is 287 g/mol. The molecular weight excluding hydrogens is 273 g/mol. The van der Waals surface area contributed by atoms with Crippen molar-refractivity contribution in [2.24, 2.45) is 0 Å². The quantitative estimate of drug-likeness (QED) is 0.794. The maximum atomic E-state index is 12.4. The highest BCUT2D eigenvalue weighted by Crippen LogP contribution is 2.26. The lowest BCUT2D eigenvalue weighted by Gasteiger charge is -2.35. The number of hydrogen-bond donors (Lipinski definition) is 0. The van der Waals surface area contributed by atoms with Gasteiger partial charge in [-0.15, -0.1) is 0 Å². The fourth-order valence-corrected chi connectivity index (χ4v) is 2.76. The van der Waals surface area contributed by atoms with Crippen molar-refractivity contribution in [2.75, 3.05) is 13.1 Å². The summed E-state index contributed by atoms with van der Waals surface area (Å²) in [6.45, 7) is 5.02. The number of carbonyl (C=O) groups is 1. The molecule has 1 aliphatic rings. The summed E-state index contributed by atoms with van der Waals surface area (Å²) in [4.78, 5) is 14.2. The van der Waals surface area contributed by atoms with Crippen LogP contribution in [0.2, 0.25) is 10.0 Å². The van der Waals surface area contributed by atoms with Gasteiger partial charge in [0, 0.05) is 13.1 Å². The van der Waals surface area contributed by atoms with Gasteiger partial charge < -0.3 is 9.64 Å². The predicted octanol–water partition coefficient (Wildman–Crippen LogP) is 3.24.